The third-order valence-corrected chi connectivity index (χ3v) is 6.10. The van der Waals surface area contributed by atoms with Gasteiger partial charge in [0.25, 0.3) is 6.43 Å². The van der Waals surface area contributed by atoms with E-state index in [1.807, 2.05) is 26.0 Å². The maximum atomic E-state index is 13.1. The lowest BCUT2D eigenvalue weighted by molar-refractivity contribution is -0.126. The molecule has 1 unspecified atom stereocenters. The second-order valence-corrected chi connectivity index (χ2v) is 8.79. The molecule has 162 valence electrons. The molecule has 0 saturated heterocycles. The third-order valence-electron chi connectivity index (χ3n) is 5.27. The Balaban J connectivity index is 1.79. The molecule has 3 aromatic rings. The number of pyridine rings is 1. The van der Waals surface area contributed by atoms with Gasteiger partial charge in [0.2, 0.25) is 5.91 Å². The lowest BCUT2D eigenvalue weighted by atomic mass is 9.92. The highest BCUT2D eigenvalue weighted by molar-refractivity contribution is 7.15. The predicted molar refractivity (Wildman–Crippen MR) is 120 cm³/mol. The van der Waals surface area contributed by atoms with E-state index >= 15 is 0 Å². The van der Waals surface area contributed by atoms with Crippen LogP contribution in [0.5, 0.6) is 0 Å². The fraction of sp³-hybridized carbons (Fsp3) is 0.318. The van der Waals surface area contributed by atoms with Gasteiger partial charge in [0.15, 0.2) is 5.13 Å². The van der Waals surface area contributed by atoms with Gasteiger partial charge in [-0.2, -0.15) is 0 Å². The first kappa shape index (κ1) is 21.2. The Morgan fingerprint density at radius 2 is 2.29 bits per heavy atom. The molecular formula is C22H23F2N5OS. The third kappa shape index (κ3) is 4.36. The summed E-state index contributed by atoms with van der Waals surface area (Å²) < 4.78 is 27.8. The highest BCUT2D eigenvalue weighted by Gasteiger charge is 2.25. The summed E-state index contributed by atoms with van der Waals surface area (Å²) >= 11 is 1.50. The number of aryl methyl sites for hydroxylation is 1. The molecule has 6 nitrogen and oxygen atoms in total. The van der Waals surface area contributed by atoms with E-state index in [0.717, 1.165) is 21.5 Å². The quantitative estimate of drug-likeness (QED) is 0.553. The Kier molecular flexibility index (Phi) is 5.86. The van der Waals surface area contributed by atoms with Crippen molar-refractivity contribution in [2.45, 2.75) is 26.8 Å². The standard InChI is InChI=1S/C22H23F2N5OS/c1-4-20(30)29-8-5-15(13(2)11-29)21-16-6-7-28(12-18(23)24)17(16)9-19(26-21)27-22-25-10-14(3)31-22/h4-7,9-10,13,18H,1,8,11-12H2,2-3H3,(H,25,26,27). The van der Waals surface area contributed by atoms with Crippen LogP contribution in [0.25, 0.3) is 16.5 Å². The molecule has 31 heavy (non-hydrogen) atoms. The Bertz CT molecular complexity index is 1170. The Morgan fingerprint density at radius 3 is 2.94 bits per heavy atom. The molecule has 1 aliphatic rings. The summed E-state index contributed by atoms with van der Waals surface area (Å²) in [5.74, 6) is 0.464. The first-order valence-electron chi connectivity index (χ1n) is 9.95. The number of nitrogens with zero attached hydrogens (tertiary/aromatic N) is 4. The van der Waals surface area contributed by atoms with Crippen molar-refractivity contribution in [3.63, 3.8) is 0 Å². The average molecular weight is 444 g/mol. The second kappa shape index (κ2) is 8.58. The molecule has 0 radical (unpaired) electrons. The molecule has 0 spiro atoms. The molecule has 0 aliphatic carbocycles. The Hall–Kier alpha value is -3.07. The smallest absolute Gasteiger partial charge is 0.256 e. The van der Waals surface area contributed by atoms with Gasteiger partial charge >= 0.3 is 0 Å². The first-order chi connectivity index (χ1) is 14.9. The zero-order valence-electron chi connectivity index (χ0n) is 17.3. The molecule has 4 rings (SSSR count). The van der Waals surface area contributed by atoms with Gasteiger partial charge in [0, 0.05) is 47.7 Å². The van der Waals surface area contributed by atoms with Crippen molar-refractivity contribution >= 4 is 44.7 Å². The molecule has 0 aromatic carbocycles. The number of carbonyl (C=O) groups excluding carboxylic acids is 1. The van der Waals surface area contributed by atoms with Crippen LogP contribution >= 0.6 is 11.3 Å². The number of halogens is 2. The van der Waals surface area contributed by atoms with Gasteiger partial charge < -0.3 is 14.8 Å². The predicted octanol–water partition coefficient (Wildman–Crippen LogP) is 4.86. The Morgan fingerprint density at radius 1 is 1.48 bits per heavy atom. The average Bonchev–Trinajstić information content (AvgIpc) is 3.32. The molecule has 1 atom stereocenters. The van der Waals surface area contributed by atoms with Crippen LogP contribution < -0.4 is 5.32 Å². The number of fused-ring (bicyclic) bond motifs is 1. The molecule has 1 N–H and O–H groups in total. The lowest BCUT2D eigenvalue weighted by Crippen LogP contribution is -2.37. The van der Waals surface area contributed by atoms with Gasteiger partial charge in [0.05, 0.1) is 17.8 Å². The number of hydrogen-bond acceptors (Lipinski definition) is 5. The molecule has 0 saturated carbocycles. The number of amides is 1. The van der Waals surface area contributed by atoms with Crippen molar-refractivity contribution < 1.29 is 13.6 Å². The van der Waals surface area contributed by atoms with E-state index in [9.17, 15) is 13.6 Å². The number of carbonyl (C=O) groups is 1. The summed E-state index contributed by atoms with van der Waals surface area (Å²) in [4.78, 5) is 23.9. The topological polar surface area (TPSA) is 63.1 Å². The SMILES string of the molecule is C=CC(=O)N1CC=C(c2nc(Nc3ncc(C)s3)cc3c2ccn3CC(F)F)C(C)C1. The fourth-order valence-electron chi connectivity index (χ4n) is 3.85. The summed E-state index contributed by atoms with van der Waals surface area (Å²) in [6.45, 7) is 8.15. The number of nitrogens with one attached hydrogen (secondary N) is 1. The van der Waals surface area contributed by atoms with E-state index in [0.29, 0.717) is 29.6 Å². The Labute approximate surface area is 182 Å². The number of rotatable bonds is 6. The van der Waals surface area contributed by atoms with Crippen LogP contribution in [0, 0.1) is 12.8 Å². The second-order valence-electron chi connectivity index (χ2n) is 7.56. The van der Waals surface area contributed by atoms with Gasteiger partial charge in [-0.1, -0.05) is 19.6 Å². The number of alkyl halides is 2. The van der Waals surface area contributed by atoms with Gasteiger partial charge in [-0.15, -0.1) is 11.3 Å². The maximum absolute atomic E-state index is 13.1. The number of thiazole rings is 1. The minimum atomic E-state index is -2.46. The van der Waals surface area contributed by atoms with Crippen LogP contribution in [-0.4, -0.2) is 44.9 Å². The van der Waals surface area contributed by atoms with Crippen LogP contribution in [0.2, 0.25) is 0 Å². The summed E-state index contributed by atoms with van der Waals surface area (Å²) in [6, 6.07) is 3.60. The number of hydrogen-bond donors (Lipinski definition) is 1. The molecule has 3 aromatic heterocycles. The monoisotopic (exact) mass is 443 g/mol. The van der Waals surface area contributed by atoms with Crippen LogP contribution in [0.3, 0.4) is 0 Å². The first-order valence-corrected chi connectivity index (χ1v) is 10.8. The van der Waals surface area contributed by atoms with Crippen molar-refractivity contribution in [3.05, 3.63) is 53.8 Å². The van der Waals surface area contributed by atoms with Gasteiger partial charge in [-0.3, -0.25) is 4.79 Å². The van der Waals surface area contributed by atoms with Crippen LogP contribution in [0.1, 0.15) is 17.5 Å². The maximum Gasteiger partial charge on any atom is 0.256 e. The molecule has 1 aliphatic heterocycles. The molecule has 0 bridgehead atoms. The van der Waals surface area contributed by atoms with Crippen molar-refractivity contribution in [2.75, 3.05) is 18.4 Å². The molecule has 0 fully saturated rings. The van der Waals surface area contributed by atoms with E-state index < -0.39 is 6.43 Å². The van der Waals surface area contributed by atoms with Crippen LogP contribution in [-0.2, 0) is 11.3 Å². The van der Waals surface area contributed by atoms with Gasteiger partial charge in [-0.05, 0) is 24.6 Å². The largest absolute Gasteiger partial charge is 0.342 e. The van der Waals surface area contributed by atoms with Crippen molar-refractivity contribution in [1.29, 1.82) is 0 Å². The van der Waals surface area contributed by atoms with E-state index in [1.54, 1.807) is 27.9 Å². The summed E-state index contributed by atoms with van der Waals surface area (Å²) in [7, 11) is 0. The highest BCUT2D eigenvalue weighted by atomic mass is 32.1. The number of anilines is 2. The van der Waals surface area contributed by atoms with Crippen molar-refractivity contribution in [1.82, 2.24) is 19.4 Å². The fourth-order valence-corrected chi connectivity index (χ4v) is 4.53. The van der Waals surface area contributed by atoms with Crippen LogP contribution in [0.15, 0.2) is 43.3 Å². The molecule has 4 heterocycles. The summed E-state index contributed by atoms with van der Waals surface area (Å²) in [6.07, 6.45) is 4.27. The number of aromatic nitrogens is 3. The molecule has 1 amide bonds. The van der Waals surface area contributed by atoms with E-state index in [-0.39, 0.29) is 18.4 Å². The van der Waals surface area contributed by atoms with Crippen LogP contribution in [0.4, 0.5) is 19.7 Å². The van der Waals surface area contributed by atoms with E-state index in [4.69, 9.17) is 4.98 Å². The highest BCUT2D eigenvalue weighted by Crippen LogP contribution is 2.34. The van der Waals surface area contributed by atoms with Crippen molar-refractivity contribution in [3.8, 4) is 0 Å². The van der Waals surface area contributed by atoms with Crippen molar-refractivity contribution in [2.24, 2.45) is 5.92 Å². The zero-order chi connectivity index (χ0) is 22.1. The molecule has 9 heteroatoms. The lowest BCUT2D eigenvalue weighted by Gasteiger charge is -2.30. The molecular weight excluding hydrogens is 420 g/mol. The van der Waals surface area contributed by atoms with E-state index in [1.165, 1.54) is 17.4 Å². The normalized spacial score (nSPS) is 16.6. The van der Waals surface area contributed by atoms with Gasteiger partial charge in [0.1, 0.15) is 5.82 Å². The zero-order valence-corrected chi connectivity index (χ0v) is 18.1. The minimum Gasteiger partial charge on any atom is -0.342 e. The van der Waals surface area contributed by atoms with E-state index in [2.05, 4.69) is 16.9 Å². The summed E-state index contributed by atoms with van der Waals surface area (Å²) in [5, 5.41) is 4.71. The summed E-state index contributed by atoms with van der Waals surface area (Å²) in [5.41, 5.74) is 2.41. The minimum absolute atomic E-state index is 0.0316. The van der Waals surface area contributed by atoms with Gasteiger partial charge in [-0.25, -0.2) is 18.7 Å².